The molecule has 102 valence electrons. The molecule has 0 fully saturated rings. The normalized spacial score (nSPS) is 9.75. The molecule has 1 N–H and O–H groups in total. The van der Waals surface area contributed by atoms with E-state index >= 15 is 0 Å². The van der Waals surface area contributed by atoms with Gasteiger partial charge < -0.3 is 14.5 Å². The van der Waals surface area contributed by atoms with Gasteiger partial charge in [0, 0.05) is 18.5 Å². The first-order valence-corrected chi connectivity index (χ1v) is 6.20. The smallest absolute Gasteiger partial charge is 0.224 e. The lowest BCUT2D eigenvalue weighted by Gasteiger charge is -2.06. The summed E-state index contributed by atoms with van der Waals surface area (Å²) in [6, 6.07) is 12.4. The van der Waals surface area contributed by atoms with Gasteiger partial charge in [-0.05, 0) is 36.4 Å². The molecule has 1 aromatic carbocycles. The van der Waals surface area contributed by atoms with Crippen LogP contribution in [-0.2, 0) is 11.2 Å². The first-order chi connectivity index (χ1) is 9.78. The molecule has 0 aliphatic rings. The van der Waals surface area contributed by atoms with Crippen molar-refractivity contribution in [2.45, 2.75) is 12.8 Å². The molecule has 0 aliphatic heterocycles. The highest BCUT2D eigenvalue weighted by atomic mass is 16.5. The number of nitrogens with one attached hydrogen (secondary N) is 1. The molecule has 2 aromatic rings. The second-order valence-electron chi connectivity index (χ2n) is 4.10. The quantitative estimate of drug-likeness (QED) is 0.875. The summed E-state index contributed by atoms with van der Waals surface area (Å²) in [6.45, 7) is 0.00878. The Morgan fingerprint density at radius 1 is 1.30 bits per heavy atom. The van der Waals surface area contributed by atoms with Gasteiger partial charge in [0.15, 0.2) is 6.61 Å². The fourth-order valence-corrected chi connectivity index (χ4v) is 1.67. The van der Waals surface area contributed by atoms with Crippen LogP contribution in [0.2, 0.25) is 0 Å². The summed E-state index contributed by atoms with van der Waals surface area (Å²) in [5.41, 5.74) is 0.693. The number of ether oxygens (including phenoxy) is 1. The van der Waals surface area contributed by atoms with E-state index in [1.54, 1.807) is 36.6 Å². The van der Waals surface area contributed by atoms with Crippen LogP contribution in [0.3, 0.4) is 0 Å². The molecule has 5 nitrogen and oxygen atoms in total. The SMILES string of the molecule is N#CCOc1ccc(NC(=O)CCc2ccco2)cc1. The van der Waals surface area contributed by atoms with Crippen molar-refractivity contribution in [3.63, 3.8) is 0 Å². The van der Waals surface area contributed by atoms with Gasteiger partial charge in [-0.3, -0.25) is 4.79 Å². The highest BCUT2D eigenvalue weighted by molar-refractivity contribution is 5.90. The summed E-state index contributed by atoms with van der Waals surface area (Å²) in [7, 11) is 0. The van der Waals surface area contributed by atoms with Crippen LogP contribution in [0.25, 0.3) is 0 Å². The number of benzene rings is 1. The Balaban J connectivity index is 1.80. The predicted octanol–water partition coefficient (Wildman–Crippen LogP) is 2.75. The van der Waals surface area contributed by atoms with Gasteiger partial charge in [0.2, 0.25) is 5.91 Å². The summed E-state index contributed by atoms with van der Waals surface area (Å²) < 4.78 is 10.3. The van der Waals surface area contributed by atoms with E-state index in [1.165, 1.54) is 0 Å². The van der Waals surface area contributed by atoms with Crippen molar-refractivity contribution in [3.8, 4) is 11.8 Å². The average Bonchev–Trinajstić information content (AvgIpc) is 2.98. The fourth-order valence-electron chi connectivity index (χ4n) is 1.67. The lowest BCUT2D eigenvalue weighted by atomic mass is 10.2. The zero-order valence-corrected chi connectivity index (χ0v) is 10.8. The molecule has 20 heavy (non-hydrogen) atoms. The van der Waals surface area contributed by atoms with Gasteiger partial charge in [-0.15, -0.1) is 0 Å². The Kier molecular flexibility index (Phi) is 4.79. The summed E-state index contributed by atoms with van der Waals surface area (Å²) >= 11 is 0. The molecule has 5 heteroatoms. The minimum atomic E-state index is -0.0768. The fraction of sp³-hybridized carbons (Fsp3) is 0.200. The third kappa shape index (κ3) is 4.18. The van der Waals surface area contributed by atoms with E-state index in [0.29, 0.717) is 24.3 Å². The van der Waals surface area contributed by atoms with Crippen LogP contribution in [0.5, 0.6) is 5.75 Å². The Morgan fingerprint density at radius 3 is 2.75 bits per heavy atom. The van der Waals surface area contributed by atoms with Gasteiger partial charge in [-0.2, -0.15) is 5.26 Å². The number of amides is 1. The Hall–Kier alpha value is -2.74. The minimum absolute atomic E-state index is 0.00878. The molecule has 0 saturated heterocycles. The van der Waals surface area contributed by atoms with Crippen molar-refractivity contribution < 1.29 is 13.9 Å². The lowest BCUT2D eigenvalue weighted by molar-refractivity contribution is -0.116. The highest BCUT2D eigenvalue weighted by Crippen LogP contribution is 2.16. The third-order valence-electron chi connectivity index (χ3n) is 2.62. The zero-order valence-electron chi connectivity index (χ0n) is 10.8. The van der Waals surface area contributed by atoms with E-state index in [-0.39, 0.29) is 12.5 Å². The standard InChI is InChI=1S/C15H14N2O3/c16-9-11-20-14-5-3-12(4-6-14)17-15(18)8-7-13-2-1-10-19-13/h1-6,10H,7-8,11H2,(H,17,18). The lowest BCUT2D eigenvalue weighted by Crippen LogP contribution is -2.12. The maximum Gasteiger partial charge on any atom is 0.224 e. The van der Waals surface area contributed by atoms with E-state index in [1.807, 2.05) is 12.1 Å². The van der Waals surface area contributed by atoms with Crippen LogP contribution in [0.15, 0.2) is 47.1 Å². The van der Waals surface area contributed by atoms with Gasteiger partial charge in [0.1, 0.15) is 17.6 Å². The summed E-state index contributed by atoms with van der Waals surface area (Å²) in [6.07, 6.45) is 2.52. The third-order valence-corrected chi connectivity index (χ3v) is 2.62. The van der Waals surface area contributed by atoms with Crippen molar-refractivity contribution in [1.29, 1.82) is 5.26 Å². The molecule has 0 aliphatic carbocycles. The summed E-state index contributed by atoms with van der Waals surface area (Å²) in [5, 5.41) is 11.2. The van der Waals surface area contributed by atoms with E-state index in [9.17, 15) is 4.79 Å². The summed E-state index contributed by atoms with van der Waals surface area (Å²) in [5.74, 6) is 1.31. The topological polar surface area (TPSA) is 75.3 Å². The van der Waals surface area contributed by atoms with Gasteiger partial charge in [-0.25, -0.2) is 0 Å². The highest BCUT2D eigenvalue weighted by Gasteiger charge is 2.04. The largest absolute Gasteiger partial charge is 0.479 e. The second kappa shape index (κ2) is 7.00. The number of anilines is 1. The van der Waals surface area contributed by atoms with Crippen molar-refractivity contribution in [2.24, 2.45) is 0 Å². The maximum atomic E-state index is 11.7. The zero-order chi connectivity index (χ0) is 14.2. The molecule has 0 radical (unpaired) electrons. The first-order valence-electron chi connectivity index (χ1n) is 6.20. The van der Waals surface area contributed by atoms with Gasteiger partial charge in [0.05, 0.1) is 6.26 Å². The van der Waals surface area contributed by atoms with Crippen molar-refractivity contribution >= 4 is 11.6 Å². The molecule has 0 unspecified atom stereocenters. The van der Waals surface area contributed by atoms with Crippen LogP contribution < -0.4 is 10.1 Å². The van der Waals surface area contributed by atoms with Gasteiger partial charge in [0.25, 0.3) is 0 Å². The molecule has 1 amide bonds. The van der Waals surface area contributed by atoms with Crippen molar-refractivity contribution in [1.82, 2.24) is 0 Å². The number of aryl methyl sites for hydroxylation is 1. The van der Waals surface area contributed by atoms with E-state index < -0.39 is 0 Å². The maximum absolute atomic E-state index is 11.7. The van der Waals surface area contributed by atoms with Gasteiger partial charge in [-0.1, -0.05) is 0 Å². The van der Waals surface area contributed by atoms with Crippen LogP contribution >= 0.6 is 0 Å². The molecule has 0 saturated carbocycles. The average molecular weight is 270 g/mol. The van der Waals surface area contributed by atoms with Crippen LogP contribution in [0, 0.1) is 11.3 Å². The number of nitriles is 1. The molecule has 0 atom stereocenters. The second-order valence-corrected chi connectivity index (χ2v) is 4.10. The van der Waals surface area contributed by atoms with Gasteiger partial charge >= 0.3 is 0 Å². The van der Waals surface area contributed by atoms with E-state index in [4.69, 9.17) is 14.4 Å². The molecule has 1 heterocycles. The number of rotatable bonds is 6. The summed E-state index contributed by atoms with van der Waals surface area (Å²) in [4.78, 5) is 11.7. The number of carbonyl (C=O) groups is 1. The number of hydrogen-bond donors (Lipinski definition) is 1. The molecule has 1 aromatic heterocycles. The molecule has 0 spiro atoms. The van der Waals surface area contributed by atoms with Crippen LogP contribution in [-0.4, -0.2) is 12.5 Å². The minimum Gasteiger partial charge on any atom is -0.479 e. The monoisotopic (exact) mass is 270 g/mol. The molecule has 2 rings (SSSR count). The van der Waals surface area contributed by atoms with E-state index in [0.717, 1.165) is 5.76 Å². The Bertz CT molecular complexity index is 583. The Morgan fingerprint density at radius 2 is 2.10 bits per heavy atom. The van der Waals surface area contributed by atoms with Crippen LogP contribution in [0.4, 0.5) is 5.69 Å². The van der Waals surface area contributed by atoms with Crippen molar-refractivity contribution in [3.05, 3.63) is 48.4 Å². The number of carbonyl (C=O) groups excluding carboxylic acids is 1. The number of hydrogen-bond acceptors (Lipinski definition) is 4. The first kappa shape index (κ1) is 13.7. The Labute approximate surface area is 116 Å². The van der Waals surface area contributed by atoms with Crippen LogP contribution in [0.1, 0.15) is 12.2 Å². The number of furan rings is 1. The van der Waals surface area contributed by atoms with E-state index in [2.05, 4.69) is 5.32 Å². The van der Waals surface area contributed by atoms with Crippen molar-refractivity contribution in [2.75, 3.05) is 11.9 Å². The molecular weight excluding hydrogens is 256 g/mol. The molecule has 0 bridgehead atoms. The number of nitrogens with zero attached hydrogens (tertiary/aromatic N) is 1. The predicted molar refractivity (Wildman–Crippen MR) is 73.2 cm³/mol. The molecular formula is C15H14N2O3.